The highest BCUT2D eigenvalue weighted by atomic mass is 16.4. The number of carboxylic acids is 2. The maximum absolute atomic E-state index is 12.9. The molecule has 1 aromatic carbocycles. The van der Waals surface area contributed by atoms with E-state index in [0.717, 1.165) is 6.42 Å². The predicted octanol–water partition coefficient (Wildman–Crippen LogP) is -1.74. The molecule has 0 aliphatic carbocycles. The molecule has 1 fully saturated rings. The number of carboxylic acid groups (broad SMARTS) is 2. The first-order valence-electron chi connectivity index (χ1n) is 11.5. The van der Waals surface area contributed by atoms with Crippen molar-refractivity contribution < 1.29 is 39.0 Å². The highest BCUT2D eigenvalue weighted by molar-refractivity contribution is 5.95. The van der Waals surface area contributed by atoms with Crippen molar-refractivity contribution >= 4 is 35.6 Å². The number of benzene rings is 1. The fraction of sp³-hybridized carbons (Fsp3) is 0.478. The van der Waals surface area contributed by atoms with Crippen LogP contribution < -0.4 is 27.0 Å². The van der Waals surface area contributed by atoms with E-state index in [0.29, 0.717) is 18.5 Å². The number of carbonyl (C=O) groups is 6. The molecule has 4 atom stereocenters. The SMILES string of the molecule is NC(=O)CCC(NC(=O)C1CCCN1)C(=O)NC(CC(=O)O)C(=O)NC(Cc1ccccc1)C(=O)O. The van der Waals surface area contributed by atoms with Gasteiger partial charge in [-0.3, -0.25) is 24.0 Å². The summed E-state index contributed by atoms with van der Waals surface area (Å²) < 4.78 is 0. The van der Waals surface area contributed by atoms with Gasteiger partial charge in [-0.05, 0) is 31.4 Å². The molecule has 196 valence electrons. The standard InChI is InChI=1S/C23H31N5O8/c24-18(29)9-8-15(26-20(32)14-7-4-10-25-14)21(33)27-16(12-19(30)31)22(34)28-17(23(35)36)11-13-5-2-1-3-6-13/h1-3,5-6,14-17,25H,4,7-12H2,(H2,24,29)(H,26,32)(H,27,33)(H,28,34)(H,30,31)(H,35,36). The summed E-state index contributed by atoms with van der Waals surface area (Å²) >= 11 is 0. The Morgan fingerprint density at radius 3 is 2.14 bits per heavy atom. The zero-order valence-electron chi connectivity index (χ0n) is 19.6. The van der Waals surface area contributed by atoms with Gasteiger partial charge >= 0.3 is 11.9 Å². The summed E-state index contributed by atoms with van der Waals surface area (Å²) in [5.74, 6) is -5.89. The van der Waals surface area contributed by atoms with E-state index < -0.39 is 66.2 Å². The molecule has 36 heavy (non-hydrogen) atoms. The fourth-order valence-electron chi connectivity index (χ4n) is 3.71. The topological polar surface area (TPSA) is 217 Å². The largest absolute Gasteiger partial charge is 0.481 e. The van der Waals surface area contributed by atoms with Crippen LogP contribution in [-0.2, 0) is 35.2 Å². The number of primary amides is 1. The Bertz CT molecular complexity index is 965. The Morgan fingerprint density at radius 1 is 0.944 bits per heavy atom. The minimum Gasteiger partial charge on any atom is -0.481 e. The quantitative estimate of drug-likeness (QED) is 0.152. The number of amides is 4. The van der Waals surface area contributed by atoms with E-state index in [2.05, 4.69) is 21.3 Å². The normalized spacial score (nSPS) is 17.3. The van der Waals surface area contributed by atoms with Crippen LogP contribution in [0.2, 0.25) is 0 Å². The van der Waals surface area contributed by atoms with Crippen molar-refractivity contribution in [3.05, 3.63) is 35.9 Å². The van der Waals surface area contributed by atoms with Gasteiger partial charge in [0.25, 0.3) is 0 Å². The molecule has 1 aromatic rings. The van der Waals surface area contributed by atoms with Crippen LogP contribution in [0.1, 0.15) is 37.7 Å². The van der Waals surface area contributed by atoms with Crippen LogP contribution in [0, 0.1) is 0 Å². The van der Waals surface area contributed by atoms with Gasteiger partial charge in [0, 0.05) is 12.8 Å². The highest BCUT2D eigenvalue weighted by Crippen LogP contribution is 2.08. The van der Waals surface area contributed by atoms with Gasteiger partial charge in [0.1, 0.15) is 18.1 Å². The average Bonchev–Trinajstić information content (AvgIpc) is 3.36. The van der Waals surface area contributed by atoms with Gasteiger partial charge in [-0.2, -0.15) is 0 Å². The van der Waals surface area contributed by atoms with Gasteiger partial charge in [0.2, 0.25) is 23.6 Å². The molecule has 1 aliphatic rings. The van der Waals surface area contributed by atoms with Crippen molar-refractivity contribution in [3.63, 3.8) is 0 Å². The third-order valence-corrected chi connectivity index (χ3v) is 5.60. The number of nitrogens with one attached hydrogen (secondary N) is 4. The second kappa shape index (κ2) is 13.8. The summed E-state index contributed by atoms with van der Waals surface area (Å²) in [6.45, 7) is 0.630. The Kier molecular flexibility index (Phi) is 10.8. The minimum absolute atomic E-state index is 0.0681. The van der Waals surface area contributed by atoms with Gasteiger partial charge in [-0.15, -0.1) is 0 Å². The predicted molar refractivity (Wildman–Crippen MR) is 125 cm³/mol. The van der Waals surface area contributed by atoms with Crippen molar-refractivity contribution in [2.45, 2.75) is 62.7 Å². The minimum atomic E-state index is -1.63. The van der Waals surface area contributed by atoms with Crippen molar-refractivity contribution in [3.8, 4) is 0 Å². The van der Waals surface area contributed by atoms with Crippen LogP contribution in [0.3, 0.4) is 0 Å². The summed E-state index contributed by atoms with van der Waals surface area (Å²) in [7, 11) is 0. The van der Waals surface area contributed by atoms with Crippen molar-refractivity contribution in [1.29, 1.82) is 0 Å². The average molecular weight is 506 g/mol. The first-order chi connectivity index (χ1) is 17.1. The van der Waals surface area contributed by atoms with Crippen LogP contribution in [0.5, 0.6) is 0 Å². The van der Waals surface area contributed by atoms with Crippen molar-refractivity contribution in [1.82, 2.24) is 21.3 Å². The summed E-state index contributed by atoms with van der Waals surface area (Å²) in [6, 6.07) is 3.67. The summed E-state index contributed by atoms with van der Waals surface area (Å²) in [5.41, 5.74) is 5.79. The Morgan fingerprint density at radius 2 is 1.58 bits per heavy atom. The number of nitrogens with two attached hydrogens (primary N) is 1. The van der Waals surface area contributed by atoms with E-state index in [9.17, 15) is 39.0 Å². The third-order valence-electron chi connectivity index (χ3n) is 5.60. The molecular weight excluding hydrogens is 474 g/mol. The van der Waals surface area contributed by atoms with E-state index in [1.807, 2.05) is 0 Å². The molecule has 13 heteroatoms. The van der Waals surface area contributed by atoms with Crippen LogP contribution in [-0.4, -0.2) is 76.5 Å². The molecule has 0 saturated carbocycles. The van der Waals surface area contributed by atoms with Crippen LogP contribution in [0.25, 0.3) is 0 Å². The third kappa shape index (κ3) is 9.33. The second-order valence-electron chi connectivity index (χ2n) is 8.46. The van der Waals surface area contributed by atoms with E-state index in [1.165, 1.54) is 0 Å². The number of hydrogen-bond acceptors (Lipinski definition) is 7. The molecule has 0 aromatic heterocycles. The van der Waals surface area contributed by atoms with E-state index in [1.54, 1.807) is 30.3 Å². The molecule has 1 saturated heterocycles. The number of rotatable bonds is 14. The summed E-state index contributed by atoms with van der Waals surface area (Å²) in [5, 5.41) is 28.8. The zero-order valence-corrected chi connectivity index (χ0v) is 19.6. The number of hydrogen-bond donors (Lipinski definition) is 7. The molecule has 2 rings (SSSR count). The van der Waals surface area contributed by atoms with E-state index in [4.69, 9.17) is 5.73 Å². The van der Waals surface area contributed by atoms with Crippen molar-refractivity contribution in [2.24, 2.45) is 5.73 Å². The van der Waals surface area contributed by atoms with Crippen LogP contribution in [0.15, 0.2) is 30.3 Å². The van der Waals surface area contributed by atoms with Crippen LogP contribution in [0.4, 0.5) is 0 Å². The molecule has 4 amide bonds. The monoisotopic (exact) mass is 505 g/mol. The Hall–Kier alpha value is -4.00. The van der Waals surface area contributed by atoms with Gasteiger partial charge in [0.15, 0.2) is 0 Å². The lowest BCUT2D eigenvalue weighted by molar-refractivity contribution is -0.143. The summed E-state index contributed by atoms with van der Waals surface area (Å²) in [4.78, 5) is 72.5. The lowest BCUT2D eigenvalue weighted by atomic mass is 10.0. The molecule has 0 radical (unpaired) electrons. The molecule has 13 nitrogen and oxygen atoms in total. The zero-order chi connectivity index (χ0) is 26.7. The van der Waals surface area contributed by atoms with E-state index >= 15 is 0 Å². The Balaban J connectivity index is 2.12. The lowest BCUT2D eigenvalue weighted by Gasteiger charge is -2.24. The van der Waals surface area contributed by atoms with Crippen LogP contribution >= 0.6 is 0 Å². The number of carbonyl (C=O) groups excluding carboxylic acids is 4. The van der Waals surface area contributed by atoms with Crippen molar-refractivity contribution in [2.75, 3.05) is 6.54 Å². The molecule has 0 spiro atoms. The maximum atomic E-state index is 12.9. The highest BCUT2D eigenvalue weighted by Gasteiger charge is 2.32. The fourth-order valence-corrected chi connectivity index (χ4v) is 3.71. The smallest absolute Gasteiger partial charge is 0.326 e. The summed E-state index contributed by atoms with van der Waals surface area (Å²) in [6.07, 6.45) is -0.00267. The number of aliphatic carboxylic acids is 2. The van der Waals surface area contributed by atoms with Gasteiger partial charge in [0.05, 0.1) is 12.5 Å². The van der Waals surface area contributed by atoms with Gasteiger partial charge in [-0.1, -0.05) is 30.3 Å². The first-order valence-corrected chi connectivity index (χ1v) is 11.5. The van der Waals surface area contributed by atoms with Gasteiger partial charge < -0.3 is 37.2 Å². The first kappa shape index (κ1) is 28.2. The molecule has 4 unspecified atom stereocenters. The molecular formula is C23H31N5O8. The van der Waals surface area contributed by atoms with Gasteiger partial charge in [-0.25, -0.2) is 4.79 Å². The molecule has 1 heterocycles. The second-order valence-corrected chi connectivity index (χ2v) is 8.46. The molecule has 0 bridgehead atoms. The lowest BCUT2D eigenvalue weighted by Crippen LogP contribution is -2.57. The van der Waals surface area contributed by atoms with E-state index in [-0.39, 0.29) is 19.3 Å². The molecule has 1 aliphatic heterocycles. The maximum Gasteiger partial charge on any atom is 0.326 e. The Labute approximate surface area is 207 Å². The molecule has 8 N–H and O–H groups in total.